The fourth-order valence-corrected chi connectivity index (χ4v) is 2.59. The van der Waals surface area contributed by atoms with Gasteiger partial charge in [0, 0.05) is 48.9 Å². The molecule has 0 saturated carbocycles. The quantitative estimate of drug-likeness (QED) is 0.778. The van der Waals surface area contributed by atoms with Crippen LogP contribution in [0.1, 0.15) is 29.3 Å². The molecular formula is C17H23N3O3. The highest BCUT2D eigenvalue weighted by atomic mass is 16.5. The maximum absolute atomic E-state index is 12.2. The maximum Gasteiger partial charge on any atom is 0.248 e. The van der Waals surface area contributed by atoms with E-state index in [0.29, 0.717) is 48.6 Å². The zero-order chi connectivity index (χ0) is 17.0. The highest BCUT2D eigenvalue weighted by molar-refractivity contribution is 6.05. The molecule has 0 atom stereocenters. The lowest BCUT2D eigenvalue weighted by atomic mass is 9.95. The number of hydrogen-bond donors (Lipinski definition) is 2. The second-order valence-corrected chi connectivity index (χ2v) is 5.62. The Bertz CT molecular complexity index is 640. The van der Waals surface area contributed by atoms with Gasteiger partial charge in [0.25, 0.3) is 0 Å². The second-order valence-electron chi connectivity index (χ2n) is 5.62. The minimum atomic E-state index is -0.113. The Hall–Kier alpha value is -2.34. The third-order valence-electron chi connectivity index (χ3n) is 3.82. The molecule has 1 amide bonds. The molecule has 0 aliphatic carbocycles. The molecule has 3 N–H and O–H groups in total. The van der Waals surface area contributed by atoms with Crippen LogP contribution in [0.25, 0.3) is 0 Å². The molecule has 0 unspecified atom stereocenters. The summed E-state index contributed by atoms with van der Waals surface area (Å²) >= 11 is 0. The van der Waals surface area contributed by atoms with Crippen LogP contribution in [0.5, 0.6) is 5.75 Å². The average molecular weight is 317 g/mol. The van der Waals surface area contributed by atoms with Gasteiger partial charge in [-0.05, 0) is 19.1 Å². The van der Waals surface area contributed by atoms with Crippen LogP contribution in [0.2, 0.25) is 0 Å². The Morgan fingerprint density at radius 2 is 2.22 bits per heavy atom. The summed E-state index contributed by atoms with van der Waals surface area (Å²) in [4.78, 5) is 25.4. The molecule has 0 fully saturated rings. The van der Waals surface area contributed by atoms with Crippen molar-refractivity contribution in [3.05, 3.63) is 35.4 Å². The number of nitrogens with two attached hydrogens (primary N) is 1. The van der Waals surface area contributed by atoms with Crippen molar-refractivity contribution in [2.45, 2.75) is 19.9 Å². The van der Waals surface area contributed by atoms with Gasteiger partial charge < -0.3 is 20.7 Å². The van der Waals surface area contributed by atoms with Gasteiger partial charge in [0.05, 0.1) is 6.54 Å². The lowest BCUT2D eigenvalue weighted by molar-refractivity contribution is -0.126. The number of likely N-dealkylation sites (N-methyl/N-ethyl adjacent to an activating group) is 1. The summed E-state index contributed by atoms with van der Waals surface area (Å²) < 4.78 is 5.76. The molecule has 1 aromatic rings. The summed E-state index contributed by atoms with van der Waals surface area (Å²) in [6.07, 6.45) is 0.458. The fraction of sp³-hybridized carbons (Fsp3) is 0.412. The van der Waals surface area contributed by atoms with Crippen LogP contribution in [0.4, 0.5) is 5.69 Å². The number of amides is 1. The van der Waals surface area contributed by atoms with Crippen molar-refractivity contribution in [2.24, 2.45) is 5.73 Å². The molecule has 23 heavy (non-hydrogen) atoms. The number of anilines is 1. The minimum Gasteiger partial charge on any atom is -0.491 e. The number of carbonyl (C=O) groups is 2. The van der Waals surface area contributed by atoms with Crippen molar-refractivity contribution in [1.82, 2.24) is 4.90 Å². The number of nitrogens with zero attached hydrogens (tertiary/aromatic N) is 1. The lowest BCUT2D eigenvalue weighted by Gasteiger charge is -2.23. The Morgan fingerprint density at radius 1 is 1.48 bits per heavy atom. The Labute approximate surface area is 136 Å². The topological polar surface area (TPSA) is 84.7 Å². The fourth-order valence-electron chi connectivity index (χ4n) is 2.59. The Morgan fingerprint density at radius 3 is 2.87 bits per heavy atom. The van der Waals surface area contributed by atoms with Gasteiger partial charge in [0.2, 0.25) is 5.91 Å². The number of benzene rings is 1. The monoisotopic (exact) mass is 317 g/mol. The van der Waals surface area contributed by atoms with E-state index in [4.69, 9.17) is 10.5 Å². The number of nitrogens with one attached hydrogen (secondary N) is 1. The van der Waals surface area contributed by atoms with Crippen molar-refractivity contribution < 1.29 is 14.3 Å². The predicted octanol–water partition coefficient (Wildman–Crippen LogP) is 1.56. The zero-order valence-corrected chi connectivity index (χ0v) is 13.6. The van der Waals surface area contributed by atoms with Gasteiger partial charge in [-0.2, -0.15) is 0 Å². The first kappa shape index (κ1) is 17.0. The number of ether oxygens (including phenoxy) is 1. The Balaban J connectivity index is 2.09. The molecule has 0 saturated heterocycles. The smallest absolute Gasteiger partial charge is 0.248 e. The molecule has 0 bridgehead atoms. The summed E-state index contributed by atoms with van der Waals surface area (Å²) in [6, 6.07) is 3.65. The van der Waals surface area contributed by atoms with Crippen LogP contribution in [0.3, 0.4) is 0 Å². The van der Waals surface area contributed by atoms with E-state index < -0.39 is 0 Å². The van der Waals surface area contributed by atoms with E-state index in [9.17, 15) is 9.59 Å². The number of fused-ring (bicyclic) bond motifs is 1. The largest absolute Gasteiger partial charge is 0.491 e. The van der Waals surface area contributed by atoms with Crippen molar-refractivity contribution in [3.63, 3.8) is 0 Å². The van der Waals surface area contributed by atoms with Gasteiger partial charge in [-0.25, -0.2) is 0 Å². The van der Waals surface area contributed by atoms with E-state index in [-0.39, 0.29) is 18.2 Å². The zero-order valence-electron chi connectivity index (χ0n) is 13.6. The lowest BCUT2D eigenvalue weighted by Crippen LogP contribution is -2.31. The van der Waals surface area contributed by atoms with Crippen molar-refractivity contribution >= 4 is 17.4 Å². The van der Waals surface area contributed by atoms with Gasteiger partial charge >= 0.3 is 0 Å². The number of ketones is 1. The van der Waals surface area contributed by atoms with Crippen molar-refractivity contribution in [3.8, 4) is 5.75 Å². The Kier molecular flexibility index (Phi) is 5.39. The van der Waals surface area contributed by atoms with Crippen molar-refractivity contribution in [2.75, 3.05) is 32.1 Å². The van der Waals surface area contributed by atoms with Crippen LogP contribution in [0, 0.1) is 0 Å². The van der Waals surface area contributed by atoms with E-state index in [2.05, 4.69) is 11.9 Å². The summed E-state index contributed by atoms with van der Waals surface area (Å²) in [6.45, 7) is 6.93. The highest BCUT2D eigenvalue weighted by Gasteiger charge is 2.22. The van der Waals surface area contributed by atoms with Crippen LogP contribution in [0.15, 0.2) is 24.3 Å². The summed E-state index contributed by atoms with van der Waals surface area (Å²) in [5.74, 6) is 0.566. The number of Topliss-reactive ketones (excluding diaryl/α,β-unsaturated/α-hetero) is 1. The van der Waals surface area contributed by atoms with Crippen LogP contribution in [-0.4, -0.2) is 43.3 Å². The molecule has 0 aromatic heterocycles. The molecule has 0 radical (unpaired) electrons. The number of rotatable bonds is 6. The van der Waals surface area contributed by atoms with E-state index in [0.717, 1.165) is 5.69 Å². The second kappa shape index (κ2) is 7.28. The van der Waals surface area contributed by atoms with Gasteiger partial charge in [0.1, 0.15) is 12.4 Å². The molecule has 1 aliphatic heterocycles. The van der Waals surface area contributed by atoms with E-state index in [1.54, 1.807) is 18.9 Å². The van der Waals surface area contributed by atoms with Crippen LogP contribution >= 0.6 is 0 Å². The normalized spacial score (nSPS) is 13.1. The average Bonchev–Trinajstić information content (AvgIpc) is 2.54. The summed E-state index contributed by atoms with van der Waals surface area (Å²) in [7, 11) is 1.70. The molecule has 6 heteroatoms. The van der Waals surface area contributed by atoms with E-state index in [1.165, 1.54) is 0 Å². The molecule has 0 spiro atoms. The van der Waals surface area contributed by atoms with Crippen LogP contribution in [-0.2, 0) is 11.3 Å². The maximum atomic E-state index is 12.2. The molecule has 124 valence electrons. The van der Waals surface area contributed by atoms with Gasteiger partial charge in [-0.1, -0.05) is 6.58 Å². The number of carbonyl (C=O) groups excluding carboxylic acids is 2. The van der Waals surface area contributed by atoms with Gasteiger partial charge in [-0.3, -0.25) is 9.59 Å². The first-order chi connectivity index (χ1) is 11.0. The minimum absolute atomic E-state index is 0.0826. The first-order valence-electron chi connectivity index (χ1n) is 7.62. The standard InChI is InChI=1S/C17H23N3O3/c1-11(2)17(22)20(3)8-9-23-15-5-4-13-16(12(15)10-18)14(21)6-7-19-13/h4-5,19H,1,6-10,18H2,2-3H3. The van der Waals surface area contributed by atoms with E-state index >= 15 is 0 Å². The van der Waals surface area contributed by atoms with Crippen molar-refractivity contribution in [1.29, 1.82) is 0 Å². The third-order valence-corrected chi connectivity index (χ3v) is 3.82. The SMILES string of the molecule is C=C(C)C(=O)N(C)CCOc1ccc2c(c1CN)C(=O)CCN2. The molecule has 6 nitrogen and oxygen atoms in total. The summed E-state index contributed by atoms with van der Waals surface area (Å²) in [5.41, 5.74) is 8.46. The molecular weight excluding hydrogens is 294 g/mol. The summed E-state index contributed by atoms with van der Waals surface area (Å²) in [5, 5.41) is 3.20. The molecule has 2 rings (SSSR count). The molecule has 1 aliphatic rings. The molecule has 1 heterocycles. The van der Waals surface area contributed by atoms with E-state index in [1.807, 2.05) is 12.1 Å². The molecule has 1 aromatic carbocycles. The van der Waals surface area contributed by atoms with Crippen LogP contribution < -0.4 is 15.8 Å². The van der Waals surface area contributed by atoms with Gasteiger partial charge in [-0.15, -0.1) is 0 Å². The third kappa shape index (κ3) is 3.71. The first-order valence-corrected chi connectivity index (χ1v) is 7.62. The van der Waals surface area contributed by atoms with Gasteiger partial charge in [0.15, 0.2) is 5.78 Å². The highest BCUT2D eigenvalue weighted by Crippen LogP contribution is 2.32. The number of hydrogen-bond acceptors (Lipinski definition) is 5. The predicted molar refractivity (Wildman–Crippen MR) is 89.7 cm³/mol.